The number of nitrogens with zero attached hydrogens (tertiary/aromatic N) is 2. The van der Waals surface area contributed by atoms with E-state index in [1.54, 1.807) is 0 Å². The van der Waals surface area contributed by atoms with Crippen LogP contribution in [0.5, 0.6) is 0 Å². The molecule has 1 unspecified atom stereocenters. The topological polar surface area (TPSA) is 23.0 Å². The fraction of sp³-hybridized carbons (Fsp3) is 0. The van der Waals surface area contributed by atoms with E-state index in [1.807, 2.05) is 0 Å². The van der Waals surface area contributed by atoms with Crippen LogP contribution in [0.2, 0.25) is 0 Å². The lowest BCUT2D eigenvalue weighted by molar-refractivity contribution is 0.669. The molecule has 328 valence electrons. The van der Waals surface area contributed by atoms with E-state index in [-0.39, 0.29) is 0 Å². The van der Waals surface area contributed by atoms with Crippen molar-refractivity contribution < 1.29 is 4.42 Å². The monoisotopic (exact) mass is 908 g/mol. The first-order valence-corrected chi connectivity index (χ1v) is 26.1. The summed E-state index contributed by atoms with van der Waals surface area (Å²) in [6, 6.07) is 98.3. The third kappa shape index (κ3) is 6.20. The first-order valence-electron chi connectivity index (χ1n) is 24.1. The SMILES string of the molecule is c1ccc(-c2ccc([Si](c3ccccc3)(c3cccc(-n4c5ccccc5c5cc(-n6c7ccccc7c7ccccc76)ccc54)c3)c3ccc4c(c3)oc3ccc(-c5ccccc5)cc34)cc2)cc1. The molecule has 14 rings (SSSR count). The van der Waals surface area contributed by atoms with Gasteiger partial charge in [0.25, 0.3) is 0 Å². The van der Waals surface area contributed by atoms with E-state index in [0.717, 1.165) is 33.3 Å². The Bertz CT molecular complexity index is 4230. The van der Waals surface area contributed by atoms with E-state index in [1.165, 1.54) is 86.6 Å². The summed E-state index contributed by atoms with van der Waals surface area (Å²) in [5, 5.41) is 12.4. The summed E-state index contributed by atoms with van der Waals surface area (Å²) in [4.78, 5) is 0. The van der Waals surface area contributed by atoms with Crippen molar-refractivity contribution >= 4 is 94.4 Å². The summed E-state index contributed by atoms with van der Waals surface area (Å²) in [5.41, 5.74) is 13.6. The zero-order chi connectivity index (χ0) is 46.2. The summed E-state index contributed by atoms with van der Waals surface area (Å²) >= 11 is 0. The highest BCUT2D eigenvalue weighted by Crippen LogP contribution is 2.38. The molecule has 3 nitrogen and oxygen atoms in total. The standard InChI is InChI=1S/C66H44N2OSi/c1-4-17-45(18-5-1)47-31-35-52(36-32-47)70(51-22-8-3-9-23-51,54-37-38-58-60-41-48(46-19-6-2-7-20-46)33-40-65(60)69-66(58)44-54)53-24-16-21-49(42-53)67-63-30-15-12-27-57(63)59-43-50(34-39-64(59)67)68-61-28-13-10-25-55(61)56-26-11-14-29-62(56)68/h1-44H. The maximum atomic E-state index is 6.84. The van der Waals surface area contributed by atoms with Crippen molar-refractivity contribution in [2.75, 3.05) is 0 Å². The molecule has 1 atom stereocenters. The van der Waals surface area contributed by atoms with Gasteiger partial charge in [0.1, 0.15) is 11.2 Å². The van der Waals surface area contributed by atoms with Gasteiger partial charge in [0.05, 0.1) is 22.1 Å². The lowest BCUT2D eigenvalue weighted by Gasteiger charge is -2.35. The van der Waals surface area contributed by atoms with E-state index < -0.39 is 8.07 Å². The van der Waals surface area contributed by atoms with Gasteiger partial charge in [0.15, 0.2) is 8.07 Å². The van der Waals surface area contributed by atoms with Crippen molar-refractivity contribution in [3.63, 3.8) is 0 Å². The van der Waals surface area contributed by atoms with E-state index in [4.69, 9.17) is 4.42 Å². The number of para-hydroxylation sites is 3. The van der Waals surface area contributed by atoms with E-state index in [0.29, 0.717) is 0 Å². The van der Waals surface area contributed by atoms with Crippen molar-refractivity contribution in [1.82, 2.24) is 9.13 Å². The number of rotatable bonds is 8. The van der Waals surface area contributed by atoms with Gasteiger partial charge in [-0.2, -0.15) is 0 Å². The second kappa shape index (κ2) is 16.1. The van der Waals surface area contributed by atoms with Crippen LogP contribution in [0.25, 0.3) is 99.2 Å². The van der Waals surface area contributed by atoms with Gasteiger partial charge in [-0.05, 0) is 110 Å². The molecule has 3 aromatic heterocycles. The third-order valence-electron chi connectivity index (χ3n) is 14.7. The van der Waals surface area contributed by atoms with Crippen LogP contribution < -0.4 is 20.7 Å². The van der Waals surface area contributed by atoms with Crippen LogP contribution in [0.3, 0.4) is 0 Å². The Morgan fingerprint density at radius 1 is 0.243 bits per heavy atom. The van der Waals surface area contributed by atoms with E-state index >= 15 is 0 Å². The summed E-state index contributed by atoms with van der Waals surface area (Å²) < 4.78 is 11.7. The Morgan fingerprint density at radius 3 is 1.37 bits per heavy atom. The Labute approximate surface area is 406 Å². The summed E-state index contributed by atoms with van der Waals surface area (Å²) in [6.07, 6.45) is 0. The minimum absolute atomic E-state index is 0.890. The maximum Gasteiger partial charge on any atom is 0.179 e. The molecule has 0 bridgehead atoms. The van der Waals surface area contributed by atoms with Gasteiger partial charge in [0, 0.05) is 43.7 Å². The van der Waals surface area contributed by atoms with Crippen LogP contribution in [0.1, 0.15) is 0 Å². The zero-order valence-electron chi connectivity index (χ0n) is 38.2. The highest BCUT2D eigenvalue weighted by Gasteiger charge is 2.42. The average molecular weight is 909 g/mol. The molecule has 14 aromatic rings. The fourth-order valence-corrected chi connectivity index (χ4v) is 16.3. The highest BCUT2D eigenvalue weighted by molar-refractivity contribution is 7.20. The van der Waals surface area contributed by atoms with E-state index in [9.17, 15) is 0 Å². The minimum Gasteiger partial charge on any atom is -0.456 e. The molecule has 0 fully saturated rings. The quantitative estimate of drug-likeness (QED) is 0.110. The number of furan rings is 1. The minimum atomic E-state index is -3.11. The summed E-state index contributed by atoms with van der Waals surface area (Å²) in [7, 11) is -3.11. The molecule has 0 amide bonds. The Morgan fingerprint density at radius 2 is 0.714 bits per heavy atom. The van der Waals surface area contributed by atoms with Crippen LogP contribution in [-0.2, 0) is 0 Å². The molecule has 70 heavy (non-hydrogen) atoms. The molecule has 3 heterocycles. The highest BCUT2D eigenvalue weighted by atomic mass is 28.3. The number of hydrogen-bond acceptors (Lipinski definition) is 1. The lowest BCUT2D eigenvalue weighted by atomic mass is 10.0. The van der Waals surface area contributed by atoms with Gasteiger partial charge in [-0.3, -0.25) is 0 Å². The molecule has 0 spiro atoms. The van der Waals surface area contributed by atoms with Crippen LogP contribution in [0.4, 0.5) is 0 Å². The van der Waals surface area contributed by atoms with E-state index in [2.05, 4.69) is 276 Å². The second-order valence-corrected chi connectivity index (χ2v) is 22.2. The number of fused-ring (bicyclic) bond motifs is 9. The second-order valence-electron chi connectivity index (χ2n) is 18.4. The maximum absolute atomic E-state index is 6.84. The smallest absolute Gasteiger partial charge is 0.179 e. The number of hydrogen-bond donors (Lipinski definition) is 0. The molecular formula is C66H44N2OSi. The van der Waals surface area contributed by atoms with Crippen LogP contribution >= 0.6 is 0 Å². The molecule has 0 radical (unpaired) electrons. The van der Waals surface area contributed by atoms with Crippen LogP contribution in [-0.4, -0.2) is 17.2 Å². The molecule has 0 N–H and O–H groups in total. The Hall–Kier alpha value is -8.96. The van der Waals surface area contributed by atoms with Gasteiger partial charge < -0.3 is 13.6 Å². The molecule has 0 aliphatic heterocycles. The predicted molar refractivity (Wildman–Crippen MR) is 297 cm³/mol. The third-order valence-corrected chi connectivity index (χ3v) is 19.4. The lowest BCUT2D eigenvalue weighted by Crippen LogP contribution is -2.74. The summed E-state index contributed by atoms with van der Waals surface area (Å²) in [5.74, 6) is 0. The van der Waals surface area contributed by atoms with Gasteiger partial charge in [-0.15, -0.1) is 0 Å². The zero-order valence-corrected chi connectivity index (χ0v) is 39.2. The van der Waals surface area contributed by atoms with Crippen molar-refractivity contribution in [3.8, 4) is 33.6 Å². The molecule has 0 aliphatic carbocycles. The molecule has 4 heteroatoms. The van der Waals surface area contributed by atoms with Crippen LogP contribution in [0, 0.1) is 0 Å². The Kier molecular flexibility index (Phi) is 9.23. The van der Waals surface area contributed by atoms with Gasteiger partial charge >= 0.3 is 0 Å². The Balaban J connectivity index is 0.997. The summed E-state index contributed by atoms with van der Waals surface area (Å²) in [6.45, 7) is 0. The molecule has 0 aliphatic rings. The van der Waals surface area contributed by atoms with Crippen LogP contribution in [0.15, 0.2) is 271 Å². The predicted octanol–water partition coefficient (Wildman–Crippen LogP) is 14.5. The normalized spacial score (nSPS) is 12.7. The van der Waals surface area contributed by atoms with Crippen molar-refractivity contribution in [2.24, 2.45) is 0 Å². The molecule has 11 aromatic carbocycles. The fourth-order valence-electron chi connectivity index (χ4n) is 11.5. The van der Waals surface area contributed by atoms with Gasteiger partial charge in [-0.1, -0.05) is 200 Å². The van der Waals surface area contributed by atoms with Crippen molar-refractivity contribution in [2.45, 2.75) is 0 Å². The van der Waals surface area contributed by atoms with Crippen molar-refractivity contribution in [3.05, 3.63) is 267 Å². The molecule has 0 saturated carbocycles. The van der Waals surface area contributed by atoms with Gasteiger partial charge in [0.2, 0.25) is 0 Å². The molecule has 0 saturated heterocycles. The van der Waals surface area contributed by atoms with Crippen molar-refractivity contribution in [1.29, 1.82) is 0 Å². The first kappa shape index (κ1) is 40.1. The van der Waals surface area contributed by atoms with Gasteiger partial charge in [-0.25, -0.2) is 0 Å². The first-order chi connectivity index (χ1) is 34.7. The largest absolute Gasteiger partial charge is 0.456 e. The average Bonchev–Trinajstić information content (AvgIpc) is 4.09. The number of benzene rings is 11. The molecular weight excluding hydrogens is 865 g/mol. The number of aromatic nitrogens is 2.